The van der Waals surface area contributed by atoms with Crippen LogP contribution in [0.1, 0.15) is 20.3 Å². The topological polar surface area (TPSA) is 32.3 Å². The minimum absolute atomic E-state index is 0.0822. The first-order valence-corrected chi connectivity index (χ1v) is 3.63. The highest BCUT2D eigenvalue weighted by molar-refractivity contribution is 4.80. The van der Waals surface area contributed by atoms with E-state index in [0.717, 1.165) is 13.0 Å². The van der Waals surface area contributed by atoms with Crippen LogP contribution >= 0.6 is 0 Å². The fourth-order valence-electron chi connectivity index (χ4n) is 1.24. The molecule has 1 saturated heterocycles. The van der Waals surface area contributed by atoms with Gasteiger partial charge in [0, 0.05) is 6.04 Å². The Labute approximate surface area is 56.3 Å². The largest absolute Gasteiger partial charge is 0.393 e. The van der Waals surface area contributed by atoms with Crippen molar-refractivity contribution in [2.24, 2.45) is 5.92 Å². The van der Waals surface area contributed by atoms with Crippen molar-refractivity contribution in [2.45, 2.75) is 32.4 Å². The molecule has 1 aliphatic rings. The molecule has 0 unspecified atom stereocenters. The predicted octanol–water partition coefficient (Wildman–Crippen LogP) is 0.365. The second-order valence-corrected chi connectivity index (χ2v) is 2.96. The lowest BCUT2D eigenvalue weighted by atomic mass is 9.91. The summed E-state index contributed by atoms with van der Waals surface area (Å²) in [5.74, 6) is 0.416. The molecule has 0 aromatic heterocycles. The van der Waals surface area contributed by atoms with E-state index in [0.29, 0.717) is 12.0 Å². The van der Waals surface area contributed by atoms with Gasteiger partial charge in [0.2, 0.25) is 0 Å². The van der Waals surface area contributed by atoms with E-state index in [-0.39, 0.29) is 6.10 Å². The van der Waals surface area contributed by atoms with Gasteiger partial charge in [-0.15, -0.1) is 0 Å². The predicted molar refractivity (Wildman–Crippen MR) is 37.3 cm³/mol. The second kappa shape index (κ2) is 2.67. The fourth-order valence-corrected chi connectivity index (χ4v) is 1.24. The van der Waals surface area contributed by atoms with Crippen molar-refractivity contribution in [1.29, 1.82) is 0 Å². The molecule has 0 spiro atoms. The highest BCUT2D eigenvalue weighted by Crippen LogP contribution is 2.15. The Morgan fingerprint density at radius 2 is 2.11 bits per heavy atom. The Morgan fingerprint density at radius 3 is 2.56 bits per heavy atom. The third kappa shape index (κ3) is 1.43. The summed E-state index contributed by atoms with van der Waals surface area (Å²) in [6, 6.07) is 0.480. The Hall–Kier alpha value is -0.0800. The summed E-state index contributed by atoms with van der Waals surface area (Å²) in [5.41, 5.74) is 0. The normalized spacial score (nSPS) is 45.0. The van der Waals surface area contributed by atoms with Gasteiger partial charge < -0.3 is 10.4 Å². The smallest absolute Gasteiger partial charge is 0.0592 e. The third-order valence-electron chi connectivity index (χ3n) is 2.30. The lowest BCUT2D eigenvalue weighted by Crippen LogP contribution is -2.45. The number of aliphatic hydroxyl groups excluding tert-OH is 1. The molecule has 0 bridgehead atoms. The average molecular weight is 129 g/mol. The lowest BCUT2D eigenvalue weighted by molar-refractivity contribution is 0.0661. The van der Waals surface area contributed by atoms with Crippen molar-refractivity contribution in [3.8, 4) is 0 Å². The molecule has 9 heavy (non-hydrogen) atoms. The van der Waals surface area contributed by atoms with Gasteiger partial charge in [-0.1, -0.05) is 6.92 Å². The molecular formula is C7H15NO. The number of hydrogen-bond acceptors (Lipinski definition) is 2. The monoisotopic (exact) mass is 129 g/mol. The molecule has 0 aromatic rings. The Balaban J connectivity index is 2.41. The molecule has 1 aliphatic heterocycles. The van der Waals surface area contributed by atoms with Crippen LogP contribution in [0.2, 0.25) is 0 Å². The SMILES string of the molecule is C[C@@H]1[C@@H](O)CCN[C@@H]1C. The molecule has 0 amide bonds. The summed E-state index contributed by atoms with van der Waals surface area (Å²) in [5, 5.41) is 12.6. The van der Waals surface area contributed by atoms with Crippen molar-refractivity contribution >= 4 is 0 Å². The lowest BCUT2D eigenvalue weighted by Gasteiger charge is -2.31. The van der Waals surface area contributed by atoms with Gasteiger partial charge in [0.25, 0.3) is 0 Å². The first-order chi connectivity index (χ1) is 4.22. The van der Waals surface area contributed by atoms with E-state index in [4.69, 9.17) is 0 Å². The molecule has 1 fully saturated rings. The van der Waals surface area contributed by atoms with Crippen molar-refractivity contribution in [3.63, 3.8) is 0 Å². The zero-order chi connectivity index (χ0) is 6.85. The minimum atomic E-state index is -0.0822. The molecule has 2 nitrogen and oxygen atoms in total. The zero-order valence-corrected chi connectivity index (χ0v) is 6.09. The van der Waals surface area contributed by atoms with Gasteiger partial charge >= 0.3 is 0 Å². The summed E-state index contributed by atoms with van der Waals surface area (Å²) in [6.45, 7) is 5.17. The van der Waals surface area contributed by atoms with Crippen LogP contribution in [-0.2, 0) is 0 Å². The highest BCUT2D eigenvalue weighted by Gasteiger charge is 2.23. The molecule has 0 aromatic carbocycles. The molecule has 2 N–H and O–H groups in total. The number of aliphatic hydroxyl groups is 1. The second-order valence-electron chi connectivity index (χ2n) is 2.96. The quantitative estimate of drug-likeness (QED) is 0.495. The van der Waals surface area contributed by atoms with Crippen molar-refractivity contribution in [1.82, 2.24) is 5.32 Å². The van der Waals surface area contributed by atoms with Crippen LogP contribution in [0.15, 0.2) is 0 Å². The van der Waals surface area contributed by atoms with Crippen LogP contribution in [0.3, 0.4) is 0 Å². The summed E-state index contributed by atoms with van der Waals surface area (Å²) in [4.78, 5) is 0. The molecule has 0 aliphatic carbocycles. The molecule has 3 atom stereocenters. The van der Waals surface area contributed by atoms with Crippen LogP contribution < -0.4 is 5.32 Å². The van der Waals surface area contributed by atoms with E-state index >= 15 is 0 Å². The van der Waals surface area contributed by atoms with Gasteiger partial charge in [-0.05, 0) is 25.8 Å². The summed E-state index contributed by atoms with van der Waals surface area (Å²) >= 11 is 0. The number of nitrogens with one attached hydrogen (secondary N) is 1. The maximum atomic E-state index is 9.31. The van der Waals surface area contributed by atoms with Gasteiger partial charge in [0.1, 0.15) is 0 Å². The molecule has 54 valence electrons. The highest BCUT2D eigenvalue weighted by atomic mass is 16.3. The maximum Gasteiger partial charge on any atom is 0.0592 e. The fraction of sp³-hybridized carbons (Fsp3) is 1.00. The third-order valence-corrected chi connectivity index (χ3v) is 2.30. The first kappa shape index (κ1) is 7.03. The van der Waals surface area contributed by atoms with Gasteiger partial charge in [-0.3, -0.25) is 0 Å². The summed E-state index contributed by atoms with van der Waals surface area (Å²) < 4.78 is 0. The van der Waals surface area contributed by atoms with Gasteiger partial charge in [-0.2, -0.15) is 0 Å². The van der Waals surface area contributed by atoms with Gasteiger partial charge in [-0.25, -0.2) is 0 Å². The van der Waals surface area contributed by atoms with E-state index in [1.807, 2.05) is 0 Å². The number of rotatable bonds is 0. The van der Waals surface area contributed by atoms with Crippen LogP contribution in [0.5, 0.6) is 0 Å². The summed E-state index contributed by atoms with van der Waals surface area (Å²) in [6.07, 6.45) is 0.826. The van der Waals surface area contributed by atoms with E-state index in [1.54, 1.807) is 0 Å². The molecule has 1 heterocycles. The molecule has 0 saturated carbocycles. The molecule has 1 rings (SSSR count). The van der Waals surface area contributed by atoms with E-state index < -0.39 is 0 Å². The standard InChI is InChI=1S/C7H15NO/c1-5-6(2)8-4-3-7(5)9/h5-9H,3-4H2,1-2H3/t5-,6+,7-/m0/s1. The Bertz CT molecular complexity index is 84.9. The van der Waals surface area contributed by atoms with E-state index in [1.165, 1.54) is 0 Å². The van der Waals surface area contributed by atoms with E-state index in [2.05, 4.69) is 19.2 Å². The van der Waals surface area contributed by atoms with Crippen LogP contribution in [-0.4, -0.2) is 23.8 Å². The van der Waals surface area contributed by atoms with Crippen molar-refractivity contribution < 1.29 is 5.11 Å². The molecule has 2 heteroatoms. The maximum absolute atomic E-state index is 9.31. The molecule has 0 radical (unpaired) electrons. The van der Waals surface area contributed by atoms with Crippen LogP contribution in [0.4, 0.5) is 0 Å². The van der Waals surface area contributed by atoms with Gasteiger partial charge in [0.15, 0.2) is 0 Å². The van der Waals surface area contributed by atoms with Crippen LogP contribution in [0.25, 0.3) is 0 Å². The molecular weight excluding hydrogens is 114 g/mol. The Kier molecular flexibility index (Phi) is 2.09. The average Bonchev–Trinajstić information content (AvgIpc) is 1.83. The summed E-state index contributed by atoms with van der Waals surface area (Å²) in [7, 11) is 0. The zero-order valence-electron chi connectivity index (χ0n) is 6.09. The Morgan fingerprint density at radius 1 is 1.44 bits per heavy atom. The minimum Gasteiger partial charge on any atom is -0.393 e. The number of piperidine rings is 1. The first-order valence-electron chi connectivity index (χ1n) is 3.63. The number of hydrogen-bond donors (Lipinski definition) is 2. The van der Waals surface area contributed by atoms with Crippen molar-refractivity contribution in [3.05, 3.63) is 0 Å². The van der Waals surface area contributed by atoms with Crippen LogP contribution in [0, 0.1) is 5.92 Å². The van der Waals surface area contributed by atoms with Crippen molar-refractivity contribution in [2.75, 3.05) is 6.54 Å². The van der Waals surface area contributed by atoms with Gasteiger partial charge in [0.05, 0.1) is 6.10 Å². The van der Waals surface area contributed by atoms with E-state index in [9.17, 15) is 5.11 Å².